The van der Waals surface area contributed by atoms with Crippen molar-refractivity contribution in [2.45, 2.75) is 64.7 Å². The third kappa shape index (κ3) is 4.17. The molecule has 0 radical (unpaired) electrons. The first-order chi connectivity index (χ1) is 14.3. The van der Waals surface area contributed by atoms with Crippen LogP contribution in [0.5, 0.6) is 0 Å². The Morgan fingerprint density at radius 1 is 0.759 bits per heavy atom. The second-order valence-corrected chi connectivity index (χ2v) is 8.61. The molecule has 1 aliphatic carbocycles. The molecular weight excluding hydrogens is 348 g/mol. The molecule has 0 bridgehead atoms. The third-order valence-corrected chi connectivity index (χ3v) is 6.73. The van der Waals surface area contributed by atoms with E-state index in [9.17, 15) is 0 Å². The molecular formula is C29H34. The fourth-order valence-electron chi connectivity index (χ4n) is 5.22. The van der Waals surface area contributed by atoms with Crippen LogP contribution in [0.2, 0.25) is 0 Å². The van der Waals surface area contributed by atoms with E-state index in [0.717, 1.165) is 0 Å². The van der Waals surface area contributed by atoms with Gasteiger partial charge in [-0.3, -0.25) is 0 Å². The number of benzene rings is 3. The van der Waals surface area contributed by atoms with Crippen molar-refractivity contribution in [3.05, 3.63) is 83.4 Å². The zero-order valence-corrected chi connectivity index (χ0v) is 18.0. The van der Waals surface area contributed by atoms with Gasteiger partial charge in [0.05, 0.1) is 0 Å². The molecule has 0 N–H and O–H groups in total. The molecule has 0 fully saturated rings. The topological polar surface area (TPSA) is 0 Å². The van der Waals surface area contributed by atoms with Gasteiger partial charge in [-0.25, -0.2) is 0 Å². The van der Waals surface area contributed by atoms with Crippen molar-refractivity contribution in [3.63, 3.8) is 0 Å². The fourth-order valence-corrected chi connectivity index (χ4v) is 5.22. The van der Waals surface area contributed by atoms with Crippen LogP contribution in [0, 0.1) is 5.92 Å². The molecule has 0 aromatic heterocycles. The molecule has 0 spiro atoms. The van der Waals surface area contributed by atoms with E-state index < -0.39 is 0 Å². The van der Waals surface area contributed by atoms with Crippen molar-refractivity contribution in [2.24, 2.45) is 5.92 Å². The highest BCUT2D eigenvalue weighted by Gasteiger charge is 2.30. The highest BCUT2D eigenvalue weighted by Crippen LogP contribution is 2.48. The van der Waals surface area contributed by atoms with Crippen molar-refractivity contribution in [1.82, 2.24) is 0 Å². The maximum absolute atomic E-state index is 2.48. The van der Waals surface area contributed by atoms with E-state index in [1.54, 1.807) is 5.56 Å². The van der Waals surface area contributed by atoms with E-state index in [4.69, 9.17) is 0 Å². The van der Waals surface area contributed by atoms with Gasteiger partial charge >= 0.3 is 0 Å². The molecule has 3 aromatic carbocycles. The molecule has 1 aliphatic rings. The number of rotatable bonds is 9. The number of hydrogen-bond acceptors (Lipinski definition) is 0. The Balaban J connectivity index is 1.74. The number of hydrogen-bond donors (Lipinski definition) is 0. The second-order valence-electron chi connectivity index (χ2n) is 8.61. The van der Waals surface area contributed by atoms with Gasteiger partial charge in [0.25, 0.3) is 0 Å². The Labute approximate surface area is 176 Å². The first kappa shape index (κ1) is 20.0. The number of allylic oxidation sites excluding steroid dienone is 1. The van der Waals surface area contributed by atoms with Crippen LogP contribution in [-0.4, -0.2) is 0 Å². The van der Waals surface area contributed by atoms with Gasteiger partial charge < -0.3 is 0 Å². The molecule has 0 heterocycles. The predicted octanol–water partition coefficient (Wildman–Crippen LogP) is 8.86. The first-order valence-corrected chi connectivity index (χ1v) is 11.6. The molecule has 0 saturated heterocycles. The summed E-state index contributed by atoms with van der Waals surface area (Å²) in [7, 11) is 0. The molecule has 2 unspecified atom stereocenters. The van der Waals surface area contributed by atoms with Crippen molar-refractivity contribution >= 4 is 22.4 Å². The lowest BCUT2D eigenvalue weighted by atomic mass is 9.70. The van der Waals surface area contributed by atoms with Gasteiger partial charge in [-0.05, 0) is 51.5 Å². The molecule has 3 aromatic rings. The average molecular weight is 383 g/mol. The molecule has 150 valence electrons. The molecule has 0 amide bonds. The molecule has 0 nitrogen and oxygen atoms in total. The van der Waals surface area contributed by atoms with Crippen molar-refractivity contribution in [3.8, 4) is 0 Å². The van der Waals surface area contributed by atoms with Crippen molar-refractivity contribution in [1.29, 1.82) is 0 Å². The Morgan fingerprint density at radius 3 is 2.28 bits per heavy atom. The Kier molecular flexibility index (Phi) is 6.49. The maximum Gasteiger partial charge on any atom is 0.0130 e. The lowest BCUT2D eigenvalue weighted by Gasteiger charge is -2.34. The van der Waals surface area contributed by atoms with Crippen LogP contribution in [0.4, 0.5) is 0 Å². The Hall–Kier alpha value is -2.34. The fraction of sp³-hybridized carbons (Fsp3) is 0.379. The summed E-state index contributed by atoms with van der Waals surface area (Å²) < 4.78 is 0. The van der Waals surface area contributed by atoms with Crippen molar-refractivity contribution < 1.29 is 0 Å². The highest BCUT2D eigenvalue weighted by atomic mass is 14.3. The van der Waals surface area contributed by atoms with Gasteiger partial charge in [-0.1, -0.05) is 119 Å². The summed E-state index contributed by atoms with van der Waals surface area (Å²) in [6, 6.07) is 24.8. The zero-order valence-electron chi connectivity index (χ0n) is 18.0. The average Bonchev–Trinajstić information content (AvgIpc) is 2.78. The minimum atomic E-state index is 0.493. The van der Waals surface area contributed by atoms with E-state index in [-0.39, 0.29) is 0 Å². The van der Waals surface area contributed by atoms with E-state index in [1.807, 2.05) is 0 Å². The predicted molar refractivity (Wildman–Crippen MR) is 128 cm³/mol. The molecule has 0 aliphatic heterocycles. The second kappa shape index (κ2) is 9.44. The van der Waals surface area contributed by atoms with Crippen LogP contribution in [0.3, 0.4) is 0 Å². The van der Waals surface area contributed by atoms with Gasteiger partial charge in [0.2, 0.25) is 0 Å². The monoisotopic (exact) mass is 382 g/mol. The van der Waals surface area contributed by atoms with Gasteiger partial charge in [0.15, 0.2) is 0 Å². The minimum Gasteiger partial charge on any atom is -0.0654 e. The Morgan fingerprint density at radius 2 is 1.52 bits per heavy atom. The van der Waals surface area contributed by atoms with Gasteiger partial charge in [0, 0.05) is 5.92 Å². The summed E-state index contributed by atoms with van der Waals surface area (Å²) >= 11 is 0. The van der Waals surface area contributed by atoms with Crippen molar-refractivity contribution in [2.75, 3.05) is 0 Å². The molecule has 0 heteroatoms. The third-order valence-electron chi connectivity index (χ3n) is 6.73. The molecule has 29 heavy (non-hydrogen) atoms. The van der Waals surface area contributed by atoms with E-state index in [1.165, 1.54) is 72.4 Å². The van der Waals surface area contributed by atoms with E-state index >= 15 is 0 Å². The Bertz CT molecular complexity index is 959. The summed E-state index contributed by atoms with van der Waals surface area (Å²) in [5.74, 6) is 1.19. The van der Waals surface area contributed by atoms with Gasteiger partial charge in [-0.15, -0.1) is 0 Å². The van der Waals surface area contributed by atoms with Crippen LogP contribution in [0.15, 0.2) is 66.7 Å². The quantitative estimate of drug-likeness (QED) is 0.324. The van der Waals surface area contributed by atoms with Crippen LogP contribution in [-0.2, 0) is 0 Å². The normalized spacial score (nSPS) is 16.6. The summed E-state index contributed by atoms with van der Waals surface area (Å²) in [6.45, 7) is 4.69. The standard InChI is InChI=1S/C29H34/c1-3-5-6-7-9-14-22(4-2)29-26-20-13-18-24-17-12-19-25(28(24)26)21-27(29)23-15-10-8-11-16-23/h8,10-13,15-22,29H,3-7,9,14H2,1-2H3. The molecule has 2 atom stereocenters. The van der Waals surface area contributed by atoms with Crippen LogP contribution in [0.1, 0.15) is 81.4 Å². The summed E-state index contributed by atoms with van der Waals surface area (Å²) in [4.78, 5) is 0. The first-order valence-electron chi connectivity index (χ1n) is 11.6. The van der Waals surface area contributed by atoms with Crippen LogP contribution >= 0.6 is 0 Å². The van der Waals surface area contributed by atoms with E-state index in [0.29, 0.717) is 11.8 Å². The van der Waals surface area contributed by atoms with E-state index in [2.05, 4.69) is 86.7 Å². The summed E-state index contributed by atoms with van der Waals surface area (Å²) in [5.41, 5.74) is 5.82. The molecule has 0 saturated carbocycles. The zero-order chi connectivity index (χ0) is 20.1. The maximum atomic E-state index is 2.48. The summed E-state index contributed by atoms with van der Waals surface area (Å²) in [5, 5.41) is 2.86. The smallest absolute Gasteiger partial charge is 0.0130 e. The number of unbranched alkanes of at least 4 members (excludes halogenated alkanes) is 4. The largest absolute Gasteiger partial charge is 0.0654 e. The lowest BCUT2D eigenvalue weighted by molar-refractivity contribution is 0.412. The minimum absolute atomic E-state index is 0.493. The lowest BCUT2D eigenvalue weighted by Crippen LogP contribution is -2.17. The van der Waals surface area contributed by atoms with Gasteiger partial charge in [0.1, 0.15) is 0 Å². The van der Waals surface area contributed by atoms with Crippen LogP contribution < -0.4 is 0 Å². The van der Waals surface area contributed by atoms with Crippen LogP contribution in [0.25, 0.3) is 22.4 Å². The highest BCUT2D eigenvalue weighted by molar-refractivity contribution is 6.03. The SMILES string of the molecule is CCCCCCCC(CC)C1C(c2ccccc2)=Cc2cccc3cccc1c23. The summed E-state index contributed by atoms with van der Waals surface area (Å²) in [6.07, 6.45) is 11.9. The molecule has 4 rings (SSSR count). The van der Waals surface area contributed by atoms with Gasteiger partial charge in [-0.2, -0.15) is 0 Å².